The van der Waals surface area contributed by atoms with Crippen molar-refractivity contribution < 1.29 is 4.74 Å². The van der Waals surface area contributed by atoms with Gasteiger partial charge in [-0.3, -0.25) is 4.68 Å². The average Bonchev–Trinajstić information content (AvgIpc) is 2.53. The van der Waals surface area contributed by atoms with Gasteiger partial charge in [-0.2, -0.15) is 5.10 Å². The van der Waals surface area contributed by atoms with Gasteiger partial charge in [-0.05, 0) is 13.0 Å². The summed E-state index contributed by atoms with van der Waals surface area (Å²) in [5.41, 5.74) is 1.19. The second-order valence-electron chi connectivity index (χ2n) is 3.48. The molecule has 0 amide bonds. The van der Waals surface area contributed by atoms with E-state index in [9.17, 15) is 0 Å². The van der Waals surface area contributed by atoms with Crippen molar-refractivity contribution in [2.75, 3.05) is 13.2 Å². The lowest BCUT2D eigenvalue weighted by Crippen LogP contribution is -2.40. The first-order valence-corrected chi connectivity index (χ1v) is 4.60. The number of aromatic nitrogens is 2. The normalized spacial score (nSPS) is 29.1. The fourth-order valence-corrected chi connectivity index (χ4v) is 1.60. The number of hydrogen-bond donors (Lipinski definition) is 1. The number of nitrogens with zero attached hydrogens (tertiary/aromatic N) is 2. The van der Waals surface area contributed by atoms with Gasteiger partial charge in [0.25, 0.3) is 0 Å². The molecule has 1 aliphatic heterocycles. The Kier molecular flexibility index (Phi) is 2.33. The van der Waals surface area contributed by atoms with Gasteiger partial charge in [0.15, 0.2) is 0 Å². The molecule has 0 aromatic carbocycles. The highest BCUT2D eigenvalue weighted by molar-refractivity contribution is 5.07. The van der Waals surface area contributed by atoms with Gasteiger partial charge < -0.3 is 10.1 Å². The minimum atomic E-state index is 0.295. The van der Waals surface area contributed by atoms with E-state index in [4.69, 9.17) is 4.74 Å². The maximum Gasteiger partial charge on any atom is 0.0730 e. The number of morpholine rings is 1. The molecular weight excluding hydrogens is 166 g/mol. The topological polar surface area (TPSA) is 39.1 Å². The summed E-state index contributed by atoms with van der Waals surface area (Å²) in [7, 11) is 1.95. The number of aryl methyl sites for hydroxylation is 1. The minimum absolute atomic E-state index is 0.295. The Balaban J connectivity index is 2.06. The summed E-state index contributed by atoms with van der Waals surface area (Å²) < 4.78 is 7.45. The van der Waals surface area contributed by atoms with Crippen LogP contribution in [-0.4, -0.2) is 29.0 Å². The van der Waals surface area contributed by atoms with Gasteiger partial charge in [0.05, 0.1) is 24.4 Å². The van der Waals surface area contributed by atoms with Crippen molar-refractivity contribution in [3.8, 4) is 0 Å². The average molecular weight is 181 g/mol. The van der Waals surface area contributed by atoms with E-state index in [1.807, 2.05) is 24.0 Å². The van der Waals surface area contributed by atoms with Crippen molar-refractivity contribution in [3.05, 3.63) is 18.0 Å². The van der Waals surface area contributed by atoms with Crippen molar-refractivity contribution in [2.45, 2.75) is 19.1 Å². The molecule has 72 valence electrons. The van der Waals surface area contributed by atoms with Crippen LogP contribution >= 0.6 is 0 Å². The molecule has 1 aromatic rings. The first kappa shape index (κ1) is 8.72. The molecule has 2 heterocycles. The maximum atomic E-state index is 5.57. The Morgan fingerprint density at radius 2 is 2.54 bits per heavy atom. The third kappa shape index (κ3) is 1.73. The third-order valence-electron chi connectivity index (χ3n) is 2.41. The highest BCUT2D eigenvalue weighted by Gasteiger charge is 2.21. The van der Waals surface area contributed by atoms with Gasteiger partial charge >= 0.3 is 0 Å². The molecule has 2 rings (SSSR count). The van der Waals surface area contributed by atoms with E-state index in [0.29, 0.717) is 12.1 Å². The molecule has 0 spiro atoms. The summed E-state index contributed by atoms with van der Waals surface area (Å²) in [4.78, 5) is 0. The van der Waals surface area contributed by atoms with Crippen LogP contribution in [0.3, 0.4) is 0 Å². The van der Waals surface area contributed by atoms with Crippen LogP contribution in [0.15, 0.2) is 12.3 Å². The van der Waals surface area contributed by atoms with E-state index in [1.54, 1.807) is 0 Å². The zero-order valence-corrected chi connectivity index (χ0v) is 8.03. The predicted octanol–water partition coefficient (Wildman–Crippen LogP) is 0.469. The molecule has 0 bridgehead atoms. The van der Waals surface area contributed by atoms with Crippen LogP contribution in [0.25, 0.3) is 0 Å². The molecule has 2 unspecified atom stereocenters. The van der Waals surface area contributed by atoms with Crippen LogP contribution < -0.4 is 5.32 Å². The van der Waals surface area contributed by atoms with E-state index in [0.717, 1.165) is 13.2 Å². The quantitative estimate of drug-likeness (QED) is 0.684. The van der Waals surface area contributed by atoms with Crippen molar-refractivity contribution in [3.63, 3.8) is 0 Å². The van der Waals surface area contributed by atoms with Crippen molar-refractivity contribution in [1.82, 2.24) is 15.1 Å². The molecule has 0 saturated carbocycles. The zero-order chi connectivity index (χ0) is 9.26. The Bertz CT molecular complexity index is 276. The molecule has 4 nitrogen and oxygen atoms in total. The highest BCUT2D eigenvalue weighted by atomic mass is 16.5. The second-order valence-corrected chi connectivity index (χ2v) is 3.48. The smallest absolute Gasteiger partial charge is 0.0730 e. The summed E-state index contributed by atoms with van der Waals surface area (Å²) in [6, 6.07) is 2.32. The monoisotopic (exact) mass is 181 g/mol. The van der Waals surface area contributed by atoms with Gasteiger partial charge in [-0.1, -0.05) is 0 Å². The van der Waals surface area contributed by atoms with E-state index in [-0.39, 0.29) is 0 Å². The molecule has 1 saturated heterocycles. The fourth-order valence-electron chi connectivity index (χ4n) is 1.60. The van der Waals surface area contributed by atoms with Crippen LogP contribution in [0.5, 0.6) is 0 Å². The van der Waals surface area contributed by atoms with Crippen LogP contribution in [0.4, 0.5) is 0 Å². The van der Waals surface area contributed by atoms with Crippen LogP contribution in [-0.2, 0) is 11.8 Å². The van der Waals surface area contributed by atoms with E-state index in [2.05, 4.69) is 17.3 Å². The summed E-state index contributed by atoms with van der Waals surface area (Å²) in [6.07, 6.45) is 2.14. The minimum Gasteiger partial charge on any atom is -0.375 e. The molecular formula is C9H15N3O. The molecule has 0 radical (unpaired) electrons. The SMILES string of the molecule is CC1CNC(c2ccnn2C)CO1. The van der Waals surface area contributed by atoms with Crippen LogP contribution in [0.2, 0.25) is 0 Å². The van der Waals surface area contributed by atoms with Crippen molar-refractivity contribution in [1.29, 1.82) is 0 Å². The first-order valence-electron chi connectivity index (χ1n) is 4.60. The lowest BCUT2D eigenvalue weighted by molar-refractivity contribution is 0.0132. The van der Waals surface area contributed by atoms with Gasteiger partial charge in [-0.15, -0.1) is 0 Å². The molecule has 1 fully saturated rings. The lowest BCUT2D eigenvalue weighted by atomic mass is 10.2. The van der Waals surface area contributed by atoms with E-state index in [1.165, 1.54) is 5.69 Å². The van der Waals surface area contributed by atoms with Crippen molar-refractivity contribution in [2.24, 2.45) is 7.05 Å². The Morgan fingerprint density at radius 3 is 3.08 bits per heavy atom. The number of nitrogens with one attached hydrogen (secondary N) is 1. The van der Waals surface area contributed by atoms with Crippen LogP contribution in [0.1, 0.15) is 18.7 Å². The van der Waals surface area contributed by atoms with E-state index < -0.39 is 0 Å². The molecule has 1 aliphatic rings. The molecule has 1 N–H and O–H groups in total. The van der Waals surface area contributed by atoms with E-state index >= 15 is 0 Å². The lowest BCUT2D eigenvalue weighted by Gasteiger charge is -2.28. The molecule has 1 aromatic heterocycles. The van der Waals surface area contributed by atoms with Gasteiger partial charge in [0.1, 0.15) is 0 Å². The molecule has 13 heavy (non-hydrogen) atoms. The largest absolute Gasteiger partial charge is 0.375 e. The fraction of sp³-hybridized carbons (Fsp3) is 0.667. The van der Waals surface area contributed by atoms with Gasteiger partial charge in [0.2, 0.25) is 0 Å². The van der Waals surface area contributed by atoms with Gasteiger partial charge in [-0.25, -0.2) is 0 Å². The Morgan fingerprint density at radius 1 is 1.69 bits per heavy atom. The molecule has 2 atom stereocenters. The second kappa shape index (κ2) is 3.47. The number of ether oxygens (including phenoxy) is 1. The number of hydrogen-bond acceptors (Lipinski definition) is 3. The summed E-state index contributed by atoms with van der Waals surface area (Å²) in [5, 5.41) is 7.56. The Labute approximate surface area is 77.9 Å². The highest BCUT2D eigenvalue weighted by Crippen LogP contribution is 2.15. The summed E-state index contributed by atoms with van der Waals surface area (Å²) >= 11 is 0. The first-order chi connectivity index (χ1) is 6.27. The molecule has 0 aliphatic carbocycles. The summed E-state index contributed by atoms with van der Waals surface area (Å²) in [6.45, 7) is 3.73. The Hall–Kier alpha value is -0.870. The standard InChI is InChI=1S/C9H15N3O/c1-7-5-10-8(6-13-7)9-3-4-11-12(9)2/h3-4,7-8,10H,5-6H2,1-2H3. The van der Waals surface area contributed by atoms with Gasteiger partial charge in [0, 0.05) is 19.8 Å². The zero-order valence-electron chi connectivity index (χ0n) is 8.03. The predicted molar refractivity (Wildman–Crippen MR) is 49.4 cm³/mol. The molecule has 4 heteroatoms. The third-order valence-corrected chi connectivity index (χ3v) is 2.41. The van der Waals surface area contributed by atoms with Crippen molar-refractivity contribution >= 4 is 0 Å². The summed E-state index contributed by atoms with van der Waals surface area (Å²) in [5.74, 6) is 0. The maximum absolute atomic E-state index is 5.57. The van der Waals surface area contributed by atoms with Crippen LogP contribution in [0, 0.1) is 0 Å². The number of rotatable bonds is 1.